The first-order chi connectivity index (χ1) is 14.6. The number of hydrogen-bond acceptors (Lipinski definition) is 3. The van der Waals surface area contributed by atoms with Gasteiger partial charge in [-0.25, -0.2) is 4.98 Å². The fourth-order valence-electron chi connectivity index (χ4n) is 3.92. The van der Waals surface area contributed by atoms with Crippen molar-refractivity contribution >= 4 is 23.1 Å². The number of aromatic nitrogens is 2. The first-order valence-electron chi connectivity index (χ1n) is 10.7. The van der Waals surface area contributed by atoms with Crippen LogP contribution in [0.1, 0.15) is 37.4 Å². The third-order valence-electron chi connectivity index (χ3n) is 5.66. The van der Waals surface area contributed by atoms with Crippen molar-refractivity contribution < 1.29 is 9.59 Å². The van der Waals surface area contributed by atoms with Gasteiger partial charge >= 0.3 is 0 Å². The number of carbonyl (C=O) groups is 2. The third kappa shape index (κ3) is 4.53. The molecule has 0 saturated carbocycles. The van der Waals surface area contributed by atoms with Crippen LogP contribution in [0.15, 0.2) is 54.9 Å². The Morgan fingerprint density at radius 1 is 1.17 bits per heavy atom. The minimum absolute atomic E-state index is 0.0109. The van der Waals surface area contributed by atoms with E-state index in [-0.39, 0.29) is 24.2 Å². The van der Waals surface area contributed by atoms with Crippen molar-refractivity contribution in [3.05, 3.63) is 66.1 Å². The summed E-state index contributed by atoms with van der Waals surface area (Å²) in [6.07, 6.45) is 8.25. The molecule has 1 aliphatic heterocycles. The number of pyridine rings is 1. The van der Waals surface area contributed by atoms with Gasteiger partial charge in [-0.15, -0.1) is 0 Å². The lowest BCUT2D eigenvalue weighted by Gasteiger charge is -2.17. The van der Waals surface area contributed by atoms with E-state index < -0.39 is 0 Å². The van der Waals surface area contributed by atoms with Crippen molar-refractivity contribution in [3.8, 4) is 0 Å². The number of anilines is 1. The molecule has 3 aromatic rings. The van der Waals surface area contributed by atoms with Crippen molar-refractivity contribution in [3.63, 3.8) is 0 Å². The number of imidazole rings is 1. The molecule has 1 atom stereocenters. The first kappa shape index (κ1) is 20.1. The van der Waals surface area contributed by atoms with Crippen molar-refractivity contribution in [1.29, 1.82) is 0 Å². The number of unbranched alkanes of at least 4 members (excludes halogenated alkanes) is 1. The molecule has 2 amide bonds. The summed E-state index contributed by atoms with van der Waals surface area (Å²) in [6.45, 7) is 3.13. The quantitative estimate of drug-likeness (QED) is 0.626. The molecule has 3 heterocycles. The smallest absolute Gasteiger partial charge is 0.227 e. The van der Waals surface area contributed by atoms with Crippen LogP contribution >= 0.6 is 0 Å². The molecule has 0 bridgehead atoms. The van der Waals surface area contributed by atoms with Crippen LogP contribution in [0.25, 0.3) is 5.65 Å². The summed E-state index contributed by atoms with van der Waals surface area (Å²) < 4.78 is 1.97. The number of nitrogens with zero attached hydrogens (tertiary/aromatic N) is 3. The summed E-state index contributed by atoms with van der Waals surface area (Å²) >= 11 is 0. The van der Waals surface area contributed by atoms with Gasteiger partial charge in [0.25, 0.3) is 0 Å². The molecule has 2 aromatic heterocycles. The molecule has 1 aromatic carbocycles. The van der Waals surface area contributed by atoms with Gasteiger partial charge in [-0.2, -0.15) is 0 Å². The van der Waals surface area contributed by atoms with Gasteiger partial charge in [-0.1, -0.05) is 31.5 Å². The minimum atomic E-state index is -0.307. The fraction of sp³-hybridized carbons (Fsp3) is 0.375. The van der Waals surface area contributed by atoms with Crippen molar-refractivity contribution in [2.24, 2.45) is 5.92 Å². The van der Waals surface area contributed by atoms with Gasteiger partial charge in [-0.05, 0) is 42.7 Å². The molecule has 156 valence electrons. The van der Waals surface area contributed by atoms with Crippen molar-refractivity contribution in [2.45, 2.75) is 39.0 Å². The minimum Gasteiger partial charge on any atom is -0.355 e. The second-order valence-electron chi connectivity index (χ2n) is 7.91. The van der Waals surface area contributed by atoms with Gasteiger partial charge in [0.15, 0.2) is 0 Å². The average molecular weight is 405 g/mol. The number of aryl methyl sites for hydroxylation is 1. The fourth-order valence-corrected chi connectivity index (χ4v) is 3.92. The SMILES string of the molecule is CCCCc1ccc(N2CC(C(=O)NCCc3cn4ccccc4n3)CC2=O)cc1. The highest BCUT2D eigenvalue weighted by Crippen LogP contribution is 2.26. The zero-order valence-electron chi connectivity index (χ0n) is 17.4. The van der Waals surface area contributed by atoms with Crippen LogP contribution < -0.4 is 10.2 Å². The number of fused-ring (bicyclic) bond motifs is 1. The highest BCUT2D eigenvalue weighted by molar-refractivity contribution is 6.00. The molecule has 0 aliphatic carbocycles. The van der Waals surface area contributed by atoms with Gasteiger partial charge in [0.05, 0.1) is 11.6 Å². The van der Waals surface area contributed by atoms with E-state index in [1.54, 1.807) is 4.90 Å². The number of nitrogens with one attached hydrogen (secondary N) is 1. The lowest BCUT2D eigenvalue weighted by Crippen LogP contribution is -2.34. The molecule has 1 aliphatic rings. The van der Waals surface area contributed by atoms with Gasteiger partial charge in [-0.3, -0.25) is 9.59 Å². The summed E-state index contributed by atoms with van der Waals surface area (Å²) in [7, 11) is 0. The second-order valence-corrected chi connectivity index (χ2v) is 7.91. The standard InChI is InChI=1S/C24H28N4O2/c1-2-3-6-18-8-10-21(11-9-18)28-16-19(15-23(28)29)24(30)25-13-12-20-17-27-14-5-4-7-22(27)26-20/h4-5,7-11,14,17,19H,2-3,6,12-13,15-16H2,1H3,(H,25,30). The second kappa shape index (κ2) is 9.11. The zero-order chi connectivity index (χ0) is 20.9. The molecular formula is C24H28N4O2. The summed E-state index contributed by atoms with van der Waals surface area (Å²) in [5.74, 6) is -0.357. The van der Waals surface area contributed by atoms with E-state index in [1.807, 2.05) is 47.1 Å². The van der Waals surface area contributed by atoms with E-state index in [1.165, 1.54) is 18.4 Å². The molecule has 1 fully saturated rings. The van der Waals surface area contributed by atoms with E-state index >= 15 is 0 Å². The van der Waals surface area contributed by atoms with E-state index in [2.05, 4.69) is 29.4 Å². The lowest BCUT2D eigenvalue weighted by atomic mass is 10.1. The van der Waals surface area contributed by atoms with Crippen LogP contribution in [-0.2, 0) is 22.4 Å². The summed E-state index contributed by atoms with van der Waals surface area (Å²) in [5, 5.41) is 2.98. The maximum atomic E-state index is 12.6. The van der Waals surface area contributed by atoms with E-state index in [4.69, 9.17) is 0 Å². The molecule has 4 rings (SSSR count). The summed E-state index contributed by atoms with van der Waals surface area (Å²) in [4.78, 5) is 31.3. The van der Waals surface area contributed by atoms with Gasteiger partial charge in [0.1, 0.15) is 5.65 Å². The van der Waals surface area contributed by atoms with E-state index in [9.17, 15) is 9.59 Å². The molecule has 0 spiro atoms. The van der Waals surface area contributed by atoms with Crippen molar-refractivity contribution in [2.75, 3.05) is 18.0 Å². The number of rotatable bonds is 8. The predicted molar refractivity (Wildman–Crippen MR) is 117 cm³/mol. The lowest BCUT2D eigenvalue weighted by molar-refractivity contribution is -0.126. The van der Waals surface area contributed by atoms with E-state index in [0.29, 0.717) is 19.5 Å². The van der Waals surface area contributed by atoms with Crippen LogP contribution in [-0.4, -0.2) is 34.3 Å². The Bertz CT molecular complexity index is 992. The van der Waals surface area contributed by atoms with Crippen LogP contribution in [0, 0.1) is 5.92 Å². The Labute approximate surface area is 176 Å². The first-order valence-corrected chi connectivity index (χ1v) is 10.7. The molecule has 0 radical (unpaired) electrons. The topological polar surface area (TPSA) is 66.7 Å². The molecule has 30 heavy (non-hydrogen) atoms. The predicted octanol–water partition coefficient (Wildman–Crippen LogP) is 3.39. The monoisotopic (exact) mass is 404 g/mol. The maximum Gasteiger partial charge on any atom is 0.227 e. The highest BCUT2D eigenvalue weighted by atomic mass is 16.2. The molecular weight excluding hydrogens is 376 g/mol. The molecule has 1 N–H and O–H groups in total. The number of hydrogen-bond donors (Lipinski definition) is 1. The Kier molecular flexibility index (Phi) is 6.12. The number of benzene rings is 1. The normalized spacial score (nSPS) is 16.4. The maximum absolute atomic E-state index is 12.6. The number of carbonyl (C=O) groups excluding carboxylic acids is 2. The molecule has 1 unspecified atom stereocenters. The van der Waals surface area contributed by atoms with E-state index in [0.717, 1.165) is 23.4 Å². The summed E-state index contributed by atoms with van der Waals surface area (Å²) in [5.41, 5.74) is 4.00. The van der Waals surface area contributed by atoms with Crippen molar-refractivity contribution in [1.82, 2.24) is 14.7 Å². The molecule has 1 saturated heterocycles. The Hall–Kier alpha value is -3.15. The number of amides is 2. The largest absolute Gasteiger partial charge is 0.355 e. The molecule has 6 heteroatoms. The Balaban J connectivity index is 1.29. The van der Waals surface area contributed by atoms with Crippen LogP contribution in [0.5, 0.6) is 0 Å². The Morgan fingerprint density at radius 3 is 2.77 bits per heavy atom. The molecule has 6 nitrogen and oxygen atoms in total. The summed E-state index contributed by atoms with van der Waals surface area (Å²) in [6, 6.07) is 14.0. The van der Waals surface area contributed by atoms with Gasteiger partial charge < -0.3 is 14.6 Å². The Morgan fingerprint density at radius 2 is 2.00 bits per heavy atom. The van der Waals surface area contributed by atoms with Crippen LogP contribution in [0.4, 0.5) is 5.69 Å². The highest BCUT2D eigenvalue weighted by Gasteiger charge is 2.34. The van der Waals surface area contributed by atoms with Crippen LogP contribution in [0.2, 0.25) is 0 Å². The zero-order valence-corrected chi connectivity index (χ0v) is 17.4. The van der Waals surface area contributed by atoms with Gasteiger partial charge in [0.2, 0.25) is 11.8 Å². The van der Waals surface area contributed by atoms with Crippen LogP contribution in [0.3, 0.4) is 0 Å². The van der Waals surface area contributed by atoms with Gasteiger partial charge in [0, 0.05) is 44.0 Å². The average Bonchev–Trinajstić information content (AvgIpc) is 3.35. The third-order valence-corrected chi connectivity index (χ3v) is 5.66.